The zero-order chi connectivity index (χ0) is 16.4. The molecule has 3 rings (SSSR count). The van der Waals surface area contributed by atoms with Crippen LogP contribution >= 0.6 is 0 Å². The van der Waals surface area contributed by atoms with Gasteiger partial charge in [-0.1, -0.05) is 30.3 Å². The van der Waals surface area contributed by atoms with Gasteiger partial charge in [-0.25, -0.2) is 0 Å². The Balaban J connectivity index is 1.75. The van der Waals surface area contributed by atoms with Gasteiger partial charge < -0.3 is 10.2 Å². The molecular formula is C17H17N3O3. The van der Waals surface area contributed by atoms with Crippen LogP contribution in [-0.2, 0) is 11.2 Å². The molecule has 1 heterocycles. The fraction of sp³-hybridized carbons (Fsp3) is 0.235. The third kappa shape index (κ3) is 3.01. The smallest absolute Gasteiger partial charge is 0.292 e. The van der Waals surface area contributed by atoms with Gasteiger partial charge in [-0.15, -0.1) is 0 Å². The van der Waals surface area contributed by atoms with Gasteiger partial charge in [-0.3, -0.25) is 14.9 Å². The highest BCUT2D eigenvalue weighted by molar-refractivity contribution is 5.96. The first kappa shape index (κ1) is 15.0. The van der Waals surface area contributed by atoms with Crippen molar-refractivity contribution < 1.29 is 9.72 Å². The van der Waals surface area contributed by atoms with Gasteiger partial charge in [0.15, 0.2) is 0 Å². The molecule has 0 aliphatic carbocycles. The number of amides is 1. The Bertz CT molecular complexity index is 760. The first-order valence-corrected chi connectivity index (χ1v) is 7.44. The number of carbonyl (C=O) groups is 1. The van der Waals surface area contributed by atoms with Crippen LogP contribution in [0.5, 0.6) is 0 Å². The summed E-state index contributed by atoms with van der Waals surface area (Å²) in [6.07, 6.45) is 0.898. The molecule has 0 fully saturated rings. The summed E-state index contributed by atoms with van der Waals surface area (Å²) in [4.78, 5) is 24.9. The van der Waals surface area contributed by atoms with E-state index in [1.165, 1.54) is 17.7 Å². The summed E-state index contributed by atoms with van der Waals surface area (Å²) >= 11 is 0. The zero-order valence-corrected chi connectivity index (χ0v) is 12.7. The van der Waals surface area contributed by atoms with E-state index < -0.39 is 4.92 Å². The van der Waals surface area contributed by atoms with Gasteiger partial charge in [0.05, 0.1) is 11.5 Å². The first-order valence-electron chi connectivity index (χ1n) is 7.44. The number of fused-ring (bicyclic) bond motifs is 1. The summed E-state index contributed by atoms with van der Waals surface area (Å²) in [5, 5.41) is 13.7. The lowest BCUT2D eigenvalue weighted by Gasteiger charge is -2.24. The molecule has 2 aromatic rings. The maximum atomic E-state index is 12.3. The number of nitrogens with one attached hydrogen (secondary N) is 1. The summed E-state index contributed by atoms with van der Waals surface area (Å²) in [7, 11) is 0. The van der Waals surface area contributed by atoms with Crippen molar-refractivity contribution in [1.82, 2.24) is 0 Å². The lowest BCUT2D eigenvalue weighted by atomic mass is 10.1. The lowest BCUT2D eigenvalue weighted by Crippen LogP contribution is -2.37. The molecule has 0 bridgehead atoms. The Labute approximate surface area is 133 Å². The second-order valence-corrected chi connectivity index (χ2v) is 5.63. The van der Waals surface area contributed by atoms with Gasteiger partial charge in [0.1, 0.15) is 5.69 Å². The quantitative estimate of drug-likeness (QED) is 0.695. The van der Waals surface area contributed by atoms with Crippen molar-refractivity contribution in [2.24, 2.45) is 0 Å². The average molecular weight is 311 g/mol. The summed E-state index contributed by atoms with van der Waals surface area (Å²) in [5.41, 5.74) is 2.40. The maximum absolute atomic E-state index is 12.3. The highest BCUT2D eigenvalue weighted by Gasteiger charge is 2.27. The van der Waals surface area contributed by atoms with E-state index in [4.69, 9.17) is 0 Å². The van der Waals surface area contributed by atoms with Gasteiger partial charge in [0.2, 0.25) is 5.91 Å². The largest absolute Gasteiger partial charge is 0.359 e. The number of hydrogen-bond acceptors (Lipinski definition) is 4. The number of benzene rings is 2. The minimum absolute atomic E-state index is 0.101. The highest BCUT2D eigenvalue weighted by atomic mass is 16.6. The van der Waals surface area contributed by atoms with Crippen LogP contribution in [-0.4, -0.2) is 23.4 Å². The van der Waals surface area contributed by atoms with E-state index >= 15 is 0 Å². The van der Waals surface area contributed by atoms with Crippen LogP contribution in [0.4, 0.5) is 17.1 Å². The number of nitrogens with zero attached hydrogens (tertiary/aromatic N) is 2. The second kappa shape index (κ2) is 6.08. The van der Waals surface area contributed by atoms with E-state index in [0.29, 0.717) is 0 Å². The van der Waals surface area contributed by atoms with Crippen LogP contribution in [0.3, 0.4) is 0 Å². The molecule has 0 saturated heterocycles. The maximum Gasteiger partial charge on any atom is 0.292 e. The van der Waals surface area contributed by atoms with Crippen molar-refractivity contribution in [2.75, 3.05) is 16.8 Å². The molecule has 1 amide bonds. The van der Waals surface area contributed by atoms with E-state index in [1.807, 2.05) is 23.1 Å². The van der Waals surface area contributed by atoms with Crippen LogP contribution in [0.2, 0.25) is 0 Å². The first-order chi connectivity index (χ1) is 11.1. The Hall–Kier alpha value is -2.89. The van der Waals surface area contributed by atoms with Gasteiger partial charge in [-0.2, -0.15) is 0 Å². The van der Waals surface area contributed by atoms with Gasteiger partial charge >= 0.3 is 0 Å². The SMILES string of the molecule is CC1Cc2ccccc2N1CC(=O)Nc1ccccc1[N+](=O)[O-]. The van der Waals surface area contributed by atoms with E-state index in [9.17, 15) is 14.9 Å². The number of hydrogen-bond donors (Lipinski definition) is 1. The molecule has 1 unspecified atom stereocenters. The van der Waals surface area contributed by atoms with Crippen LogP contribution in [0.25, 0.3) is 0 Å². The molecule has 0 saturated carbocycles. The van der Waals surface area contributed by atoms with E-state index in [-0.39, 0.29) is 29.9 Å². The van der Waals surface area contributed by atoms with E-state index in [1.54, 1.807) is 12.1 Å². The van der Waals surface area contributed by atoms with Gasteiger partial charge in [0.25, 0.3) is 5.69 Å². The second-order valence-electron chi connectivity index (χ2n) is 5.63. The fourth-order valence-electron chi connectivity index (χ4n) is 2.95. The van der Waals surface area contributed by atoms with Crippen molar-refractivity contribution in [1.29, 1.82) is 0 Å². The molecule has 1 aliphatic heterocycles. The molecule has 23 heavy (non-hydrogen) atoms. The summed E-state index contributed by atoms with van der Waals surface area (Å²) in [5.74, 6) is -0.261. The zero-order valence-electron chi connectivity index (χ0n) is 12.7. The molecule has 0 radical (unpaired) electrons. The number of carbonyl (C=O) groups excluding carboxylic acids is 1. The van der Waals surface area contributed by atoms with Gasteiger partial charge in [-0.05, 0) is 31.0 Å². The Morgan fingerprint density at radius 1 is 1.26 bits per heavy atom. The monoisotopic (exact) mass is 311 g/mol. The molecule has 2 aromatic carbocycles. The van der Waals surface area contributed by atoms with Crippen molar-refractivity contribution in [3.8, 4) is 0 Å². The minimum Gasteiger partial charge on any atom is -0.359 e. The molecular weight excluding hydrogens is 294 g/mol. The Morgan fingerprint density at radius 3 is 2.74 bits per heavy atom. The number of rotatable bonds is 4. The van der Waals surface area contributed by atoms with Crippen LogP contribution in [0.1, 0.15) is 12.5 Å². The normalized spacial score (nSPS) is 16.0. The third-order valence-corrected chi connectivity index (χ3v) is 4.04. The van der Waals surface area contributed by atoms with Gasteiger partial charge in [0, 0.05) is 17.8 Å². The average Bonchev–Trinajstić information content (AvgIpc) is 2.83. The molecule has 0 spiro atoms. The van der Waals surface area contributed by atoms with Crippen LogP contribution < -0.4 is 10.2 Å². The topological polar surface area (TPSA) is 75.5 Å². The predicted molar refractivity (Wildman–Crippen MR) is 88.7 cm³/mol. The van der Waals surface area contributed by atoms with Crippen LogP contribution in [0, 0.1) is 10.1 Å². The number of nitro benzene ring substituents is 1. The van der Waals surface area contributed by atoms with Crippen molar-refractivity contribution in [3.63, 3.8) is 0 Å². The van der Waals surface area contributed by atoms with Crippen molar-refractivity contribution in [3.05, 3.63) is 64.2 Å². The predicted octanol–water partition coefficient (Wildman–Crippen LogP) is 2.98. The molecule has 1 N–H and O–H groups in total. The molecule has 1 atom stereocenters. The molecule has 6 nitrogen and oxygen atoms in total. The third-order valence-electron chi connectivity index (χ3n) is 4.04. The van der Waals surface area contributed by atoms with Crippen LogP contribution in [0.15, 0.2) is 48.5 Å². The summed E-state index contributed by atoms with van der Waals surface area (Å²) in [6.45, 7) is 2.24. The number of nitro groups is 1. The summed E-state index contributed by atoms with van der Waals surface area (Å²) in [6, 6.07) is 14.4. The lowest BCUT2D eigenvalue weighted by molar-refractivity contribution is -0.383. The molecule has 118 valence electrons. The van der Waals surface area contributed by atoms with Crippen molar-refractivity contribution >= 4 is 23.0 Å². The Morgan fingerprint density at radius 2 is 1.96 bits per heavy atom. The molecule has 0 aromatic heterocycles. The fourth-order valence-corrected chi connectivity index (χ4v) is 2.95. The number of anilines is 2. The van der Waals surface area contributed by atoms with E-state index in [0.717, 1.165) is 12.1 Å². The molecule has 1 aliphatic rings. The Kier molecular flexibility index (Phi) is 3.97. The minimum atomic E-state index is -0.497. The van der Waals surface area contributed by atoms with Crippen molar-refractivity contribution in [2.45, 2.75) is 19.4 Å². The standard InChI is InChI=1S/C17H17N3O3/c1-12-10-13-6-2-4-8-15(13)19(12)11-17(21)18-14-7-3-5-9-16(14)20(22)23/h2-9,12H,10-11H2,1H3,(H,18,21). The van der Waals surface area contributed by atoms with E-state index in [2.05, 4.69) is 18.3 Å². The summed E-state index contributed by atoms with van der Waals surface area (Å²) < 4.78 is 0. The highest BCUT2D eigenvalue weighted by Crippen LogP contribution is 2.31. The molecule has 6 heteroatoms. The number of para-hydroxylation sites is 3.